The maximum Gasteiger partial charge on any atom is 0.227 e. The van der Waals surface area contributed by atoms with Crippen LogP contribution in [0.4, 0.5) is 0 Å². The number of ether oxygens (including phenoxy) is 1. The van der Waals surface area contributed by atoms with Crippen molar-refractivity contribution in [3.8, 4) is 5.75 Å². The first-order chi connectivity index (χ1) is 10.1. The first kappa shape index (κ1) is 18.5. The maximum atomic E-state index is 12.5. The Balaban J connectivity index is 0.00000242. The number of carbonyl (C=O) groups excluding carboxylic acids is 2. The summed E-state index contributed by atoms with van der Waals surface area (Å²) in [6.07, 6.45) is 2.20. The highest BCUT2D eigenvalue weighted by Crippen LogP contribution is 2.23. The van der Waals surface area contributed by atoms with Crippen molar-refractivity contribution < 1.29 is 14.3 Å². The van der Waals surface area contributed by atoms with E-state index >= 15 is 0 Å². The van der Waals surface area contributed by atoms with Crippen molar-refractivity contribution in [2.24, 2.45) is 5.73 Å². The molecule has 1 aromatic carbocycles. The molecule has 0 spiro atoms. The van der Waals surface area contributed by atoms with Gasteiger partial charge in [-0.25, -0.2) is 0 Å². The number of hydrogen-bond acceptors (Lipinski definition) is 4. The molecule has 6 heteroatoms. The van der Waals surface area contributed by atoms with Crippen LogP contribution in [0.1, 0.15) is 35.7 Å². The average molecular weight is 327 g/mol. The molecule has 1 heterocycles. The van der Waals surface area contributed by atoms with E-state index in [1.165, 1.54) is 6.92 Å². The molecule has 0 aromatic heterocycles. The number of ketones is 1. The number of hydrogen-bond donors (Lipinski definition) is 1. The third-order valence-electron chi connectivity index (χ3n) is 4.00. The maximum absolute atomic E-state index is 12.5. The summed E-state index contributed by atoms with van der Waals surface area (Å²) in [5.41, 5.74) is 7.05. The topological polar surface area (TPSA) is 72.6 Å². The van der Waals surface area contributed by atoms with Gasteiger partial charge >= 0.3 is 0 Å². The summed E-state index contributed by atoms with van der Waals surface area (Å²) >= 11 is 0. The van der Waals surface area contributed by atoms with Crippen molar-refractivity contribution in [1.29, 1.82) is 0 Å². The first-order valence-electron chi connectivity index (χ1n) is 7.24. The summed E-state index contributed by atoms with van der Waals surface area (Å²) < 4.78 is 5.29. The van der Waals surface area contributed by atoms with E-state index in [1.807, 2.05) is 4.90 Å². The Hall–Kier alpha value is -1.59. The van der Waals surface area contributed by atoms with Gasteiger partial charge in [-0.05, 0) is 38.0 Å². The molecule has 2 N–H and O–H groups in total. The highest BCUT2D eigenvalue weighted by Gasteiger charge is 2.28. The van der Waals surface area contributed by atoms with Crippen molar-refractivity contribution in [2.45, 2.75) is 32.2 Å². The van der Waals surface area contributed by atoms with E-state index < -0.39 is 0 Å². The minimum absolute atomic E-state index is 0. The van der Waals surface area contributed by atoms with E-state index in [0.717, 1.165) is 24.9 Å². The molecule has 22 heavy (non-hydrogen) atoms. The average Bonchev–Trinajstić information content (AvgIpc) is 2.95. The van der Waals surface area contributed by atoms with Crippen LogP contribution in [0, 0.1) is 0 Å². The van der Waals surface area contributed by atoms with Crippen LogP contribution in [0.3, 0.4) is 0 Å². The third-order valence-corrected chi connectivity index (χ3v) is 4.00. The van der Waals surface area contributed by atoms with Crippen LogP contribution >= 0.6 is 12.4 Å². The van der Waals surface area contributed by atoms with Gasteiger partial charge < -0.3 is 15.4 Å². The number of carbonyl (C=O) groups is 2. The van der Waals surface area contributed by atoms with Gasteiger partial charge in [0, 0.05) is 30.3 Å². The largest absolute Gasteiger partial charge is 0.496 e. The second-order valence-electron chi connectivity index (χ2n) is 5.38. The molecule has 1 unspecified atom stereocenters. The van der Waals surface area contributed by atoms with Gasteiger partial charge in [-0.3, -0.25) is 9.59 Å². The van der Waals surface area contributed by atoms with Crippen molar-refractivity contribution >= 4 is 24.1 Å². The molecule has 1 aromatic rings. The van der Waals surface area contributed by atoms with Gasteiger partial charge in [-0.1, -0.05) is 0 Å². The predicted molar refractivity (Wildman–Crippen MR) is 87.7 cm³/mol. The van der Waals surface area contributed by atoms with Crippen LogP contribution in [0.5, 0.6) is 5.75 Å². The smallest absolute Gasteiger partial charge is 0.227 e. The number of rotatable bonds is 5. The second-order valence-corrected chi connectivity index (χ2v) is 5.38. The van der Waals surface area contributed by atoms with Crippen LogP contribution in [-0.2, 0) is 11.2 Å². The van der Waals surface area contributed by atoms with Crippen LogP contribution in [0.15, 0.2) is 18.2 Å². The van der Waals surface area contributed by atoms with E-state index in [2.05, 4.69) is 0 Å². The molecule has 0 aliphatic carbocycles. The fourth-order valence-electron chi connectivity index (χ4n) is 2.81. The number of nitrogens with zero attached hydrogens (tertiary/aromatic N) is 1. The zero-order valence-corrected chi connectivity index (χ0v) is 13.8. The molecule has 1 saturated heterocycles. The van der Waals surface area contributed by atoms with Crippen molar-refractivity contribution in [1.82, 2.24) is 4.90 Å². The summed E-state index contributed by atoms with van der Waals surface area (Å²) in [7, 11) is 1.56. The standard InChI is InChI=1S/C16H22N2O3.ClH/c1-11(19)12-5-6-15(21-2)13(8-12)9-16(20)18-7-3-4-14(18)10-17;/h5-6,8,14H,3-4,7,9-10,17H2,1-2H3;1H. The minimum atomic E-state index is -0.0210. The van der Waals surface area contributed by atoms with Gasteiger partial charge in [0.15, 0.2) is 5.78 Å². The molecule has 0 radical (unpaired) electrons. The number of methoxy groups -OCH3 is 1. The zero-order chi connectivity index (χ0) is 15.4. The number of likely N-dealkylation sites (tertiary alicyclic amines) is 1. The molecule has 0 bridgehead atoms. The number of benzene rings is 1. The lowest BCUT2D eigenvalue weighted by atomic mass is 10.0. The fourth-order valence-corrected chi connectivity index (χ4v) is 2.81. The van der Waals surface area contributed by atoms with Gasteiger partial charge in [0.05, 0.1) is 13.5 Å². The Kier molecular flexibility index (Phi) is 6.84. The zero-order valence-electron chi connectivity index (χ0n) is 13.0. The van der Waals surface area contributed by atoms with Crippen molar-refractivity contribution in [3.05, 3.63) is 29.3 Å². The van der Waals surface area contributed by atoms with Gasteiger partial charge in [-0.15, -0.1) is 12.4 Å². The Morgan fingerprint density at radius 2 is 2.14 bits per heavy atom. The highest BCUT2D eigenvalue weighted by molar-refractivity contribution is 5.94. The number of amides is 1. The summed E-state index contributed by atoms with van der Waals surface area (Å²) in [4.78, 5) is 25.8. The fraction of sp³-hybridized carbons (Fsp3) is 0.500. The monoisotopic (exact) mass is 326 g/mol. The van der Waals surface area contributed by atoms with E-state index in [4.69, 9.17) is 10.5 Å². The predicted octanol–water partition coefficient (Wildman–Crippen LogP) is 1.81. The lowest BCUT2D eigenvalue weighted by molar-refractivity contribution is -0.131. The summed E-state index contributed by atoms with van der Waals surface area (Å²) in [5.74, 6) is 0.658. The summed E-state index contributed by atoms with van der Waals surface area (Å²) in [6, 6.07) is 5.34. The first-order valence-corrected chi connectivity index (χ1v) is 7.24. The molecular weight excluding hydrogens is 304 g/mol. The van der Waals surface area contributed by atoms with E-state index in [-0.39, 0.29) is 36.6 Å². The molecule has 1 aliphatic rings. The van der Waals surface area contributed by atoms with E-state index in [0.29, 0.717) is 17.9 Å². The second kappa shape index (κ2) is 8.15. The van der Waals surface area contributed by atoms with Gasteiger partial charge in [0.2, 0.25) is 5.91 Å². The summed E-state index contributed by atoms with van der Waals surface area (Å²) in [6.45, 7) is 2.77. The van der Waals surface area contributed by atoms with Crippen LogP contribution < -0.4 is 10.5 Å². The lowest BCUT2D eigenvalue weighted by Gasteiger charge is -2.24. The molecule has 1 aliphatic heterocycles. The molecule has 5 nitrogen and oxygen atoms in total. The molecule has 1 fully saturated rings. The number of Topliss-reactive ketones (excluding diaryl/α,β-unsaturated/α-hetero) is 1. The van der Waals surface area contributed by atoms with Crippen molar-refractivity contribution in [3.63, 3.8) is 0 Å². The van der Waals surface area contributed by atoms with Gasteiger partial charge in [0.25, 0.3) is 0 Å². The summed E-state index contributed by atoms with van der Waals surface area (Å²) in [5, 5.41) is 0. The normalized spacial score (nSPS) is 17.0. The Labute approximate surface area is 137 Å². The molecule has 0 saturated carbocycles. The minimum Gasteiger partial charge on any atom is -0.496 e. The Morgan fingerprint density at radius 3 is 2.73 bits per heavy atom. The highest BCUT2D eigenvalue weighted by atomic mass is 35.5. The van der Waals surface area contributed by atoms with Crippen molar-refractivity contribution in [2.75, 3.05) is 20.2 Å². The molecule has 1 amide bonds. The van der Waals surface area contributed by atoms with E-state index in [9.17, 15) is 9.59 Å². The third kappa shape index (κ3) is 3.99. The van der Waals surface area contributed by atoms with Gasteiger partial charge in [-0.2, -0.15) is 0 Å². The SMILES string of the molecule is COc1ccc(C(C)=O)cc1CC(=O)N1CCCC1CN.Cl. The molecular formula is C16H23ClN2O3. The quantitative estimate of drug-likeness (QED) is 0.838. The Morgan fingerprint density at radius 1 is 1.41 bits per heavy atom. The van der Waals surface area contributed by atoms with Crippen LogP contribution in [-0.4, -0.2) is 42.8 Å². The van der Waals surface area contributed by atoms with Crippen LogP contribution in [0.25, 0.3) is 0 Å². The lowest BCUT2D eigenvalue weighted by Crippen LogP contribution is -2.40. The van der Waals surface area contributed by atoms with E-state index in [1.54, 1.807) is 25.3 Å². The molecule has 1 atom stereocenters. The Bertz CT molecular complexity index is 548. The molecule has 2 rings (SSSR count). The molecule has 122 valence electrons. The number of halogens is 1. The van der Waals surface area contributed by atoms with Crippen LogP contribution in [0.2, 0.25) is 0 Å². The number of nitrogens with two attached hydrogens (primary N) is 1. The van der Waals surface area contributed by atoms with Gasteiger partial charge in [0.1, 0.15) is 5.75 Å².